The van der Waals surface area contributed by atoms with Gasteiger partial charge < -0.3 is 33.9 Å². The van der Waals surface area contributed by atoms with E-state index in [-0.39, 0.29) is 42.7 Å². The van der Waals surface area contributed by atoms with Gasteiger partial charge in [0, 0.05) is 44.2 Å². The number of aliphatic hydroxyl groups excluding tert-OH is 1. The lowest BCUT2D eigenvalue weighted by atomic mass is 9.78. The Hall–Kier alpha value is -4.22. The topological polar surface area (TPSA) is 115 Å². The van der Waals surface area contributed by atoms with Gasteiger partial charge in [0.05, 0.1) is 37.5 Å². The van der Waals surface area contributed by atoms with E-state index in [9.17, 15) is 9.59 Å². The number of fused-ring (bicyclic) bond motifs is 4. The molecule has 3 aliphatic rings. The highest BCUT2D eigenvalue weighted by Crippen LogP contribution is 2.46. The Balaban J connectivity index is 1.14. The number of hydrogen-bond donors (Lipinski definition) is 2. The van der Waals surface area contributed by atoms with Gasteiger partial charge in [-0.1, -0.05) is 54.6 Å². The monoisotopic (exact) mass is 667 g/mol. The fraction of sp³-hybridized carbons (Fsp3) is 0.436. The van der Waals surface area contributed by atoms with Crippen LogP contribution >= 0.6 is 0 Å². The second-order valence-corrected chi connectivity index (χ2v) is 12.9. The molecule has 1 saturated heterocycles. The number of nitrogens with one attached hydrogen (secondary N) is 1. The normalized spacial score (nSPS) is 20.6. The smallest absolute Gasteiger partial charge is 0.326 e. The standard InChI is InChI=1S/C39H45N3O7/c1-2-48-38-31(16-20-46-22-23-47-21-19-43)33(30-11-7-10-29-28-9-4-3-8-26(28)24-32(29)30)25-36(49-38)37(44)41-17-14-27(15-18-41)42-35-13-6-5-12-34(35)40-39(42)45/h3-13,25,27,31,33,38,43H,2,14-24H2,1H3,(H,40,45)/t31-,33-,38-/m0/s1. The van der Waals surface area contributed by atoms with Crippen LogP contribution in [0.25, 0.3) is 22.2 Å². The molecule has 2 aliphatic heterocycles. The summed E-state index contributed by atoms with van der Waals surface area (Å²) >= 11 is 0. The SMILES string of the molecule is CCO[C@H]1OC(C(=O)N2CCC(n3c(=O)[nH]c4ccccc43)CC2)=C[C@@H](c2cccc3c2Cc2ccccc2-3)[C@@H]1CCOCCOCCO. The first-order chi connectivity index (χ1) is 24.1. The number of piperidine rings is 1. The van der Waals surface area contributed by atoms with Gasteiger partial charge in [-0.2, -0.15) is 0 Å². The fourth-order valence-corrected chi connectivity index (χ4v) is 7.81. The third-order valence-corrected chi connectivity index (χ3v) is 10.1. The lowest BCUT2D eigenvalue weighted by molar-refractivity contribution is -0.172. The molecule has 0 spiro atoms. The Morgan fingerprint density at radius 1 is 0.939 bits per heavy atom. The van der Waals surface area contributed by atoms with Gasteiger partial charge in [0.1, 0.15) is 0 Å². The molecule has 258 valence electrons. The van der Waals surface area contributed by atoms with Gasteiger partial charge in [0.25, 0.3) is 5.91 Å². The number of aromatic nitrogens is 2. The van der Waals surface area contributed by atoms with Gasteiger partial charge in [-0.05, 0) is 78.6 Å². The minimum atomic E-state index is -0.629. The van der Waals surface area contributed by atoms with Gasteiger partial charge in [-0.25, -0.2) is 4.79 Å². The van der Waals surface area contributed by atoms with E-state index in [1.165, 1.54) is 27.8 Å². The predicted molar refractivity (Wildman–Crippen MR) is 186 cm³/mol. The largest absolute Gasteiger partial charge is 0.459 e. The second-order valence-electron chi connectivity index (χ2n) is 12.9. The number of ether oxygens (including phenoxy) is 4. The van der Waals surface area contributed by atoms with E-state index in [2.05, 4.69) is 47.4 Å². The molecule has 1 amide bonds. The molecule has 0 saturated carbocycles. The molecule has 0 bridgehead atoms. The van der Waals surface area contributed by atoms with E-state index in [1.807, 2.05) is 46.7 Å². The molecule has 10 heteroatoms. The van der Waals surface area contributed by atoms with Crippen LogP contribution in [0.5, 0.6) is 0 Å². The number of allylic oxidation sites excluding steroid dienone is 1. The molecule has 10 nitrogen and oxygen atoms in total. The van der Waals surface area contributed by atoms with E-state index in [0.717, 1.165) is 17.5 Å². The van der Waals surface area contributed by atoms with Crippen molar-refractivity contribution < 1.29 is 28.8 Å². The Labute approximate surface area is 286 Å². The van der Waals surface area contributed by atoms with Crippen molar-refractivity contribution in [2.45, 2.75) is 50.9 Å². The first-order valence-corrected chi connectivity index (χ1v) is 17.5. The van der Waals surface area contributed by atoms with Crippen molar-refractivity contribution in [3.8, 4) is 11.1 Å². The van der Waals surface area contributed by atoms with Gasteiger partial charge in [0.15, 0.2) is 5.76 Å². The number of hydrogen-bond acceptors (Lipinski definition) is 7. The number of imidazole rings is 1. The van der Waals surface area contributed by atoms with Crippen LogP contribution < -0.4 is 5.69 Å². The first-order valence-electron chi connectivity index (χ1n) is 17.5. The molecule has 0 radical (unpaired) electrons. The van der Waals surface area contributed by atoms with E-state index >= 15 is 0 Å². The van der Waals surface area contributed by atoms with Crippen molar-refractivity contribution in [2.24, 2.45) is 5.92 Å². The zero-order valence-electron chi connectivity index (χ0n) is 28.0. The third-order valence-electron chi connectivity index (χ3n) is 10.1. The number of carbonyl (C=O) groups excluding carboxylic acids is 1. The zero-order valence-corrected chi connectivity index (χ0v) is 28.0. The summed E-state index contributed by atoms with van der Waals surface area (Å²) in [6.45, 7) is 5.01. The van der Waals surface area contributed by atoms with E-state index in [0.29, 0.717) is 64.5 Å². The van der Waals surface area contributed by atoms with Gasteiger partial charge in [-0.15, -0.1) is 0 Å². The van der Waals surface area contributed by atoms with Crippen LogP contribution in [0, 0.1) is 5.92 Å². The highest BCUT2D eigenvalue weighted by atomic mass is 16.7. The second kappa shape index (κ2) is 15.1. The third kappa shape index (κ3) is 6.83. The van der Waals surface area contributed by atoms with E-state index in [1.54, 1.807) is 0 Å². The summed E-state index contributed by atoms with van der Waals surface area (Å²) < 4.78 is 25.8. The molecule has 2 N–H and O–H groups in total. The molecule has 4 aromatic rings. The number of carbonyl (C=O) groups is 1. The summed E-state index contributed by atoms with van der Waals surface area (Å²) in [6, 6.07) is 22.8. The van der Waals surface area contributed by atoms with Crippen molar-refractivity contribution in [1.82, 2.24) is 14.5 Å². The average molecular weight is 668 g/mol. The number of aliphatic hydroxyl groups is 1. The van der Waals surface area contributed by atoms with Crippen molar-refractivity contribution in [2.75, 3.05) is 52.7 Å². The Bertz CT molecular complexity index is 1850. The molecule has 7 rings (SSSR count). The zero-order chi connectivity index (χ0) is 33.7. The highest BCUT2D eigenvalue weighted by molar-refractivity contribution is 5.92. The molecular formula is C39H45N3O7. The van der Waals surface area contributed by atoms with Crippen LogP contribution in [-0.2, 0) is 30.2 Å². The van der Waals surface area contributed by atoms with E-state index in [4.69, 9.17) is 24.1 Å². The van der Waals surface area contributed by atoms with Crippen LogP contribution in [0.1, 0.15) is 54.8 Å². The highest BCUT2D eigenvalue weighted by Gasteiger charge is 2.41. The average Bonchev–Trinajstić information content (AvgIpc) is 3.68. The lowest BCUT2D eigenvalue weighted by Gasteiger charge is -2.39. The molecule has 3 aromatic carbocycles. The summed E-state index contributed by atoms with van der Waals surface area (Å²) in [5, 5.41) is 8.98. The first kappa shape index (κ1) is 33.3. The number of amides is 1. The van der Waals surface area contributed by atoms with Crippen LogP contribution in [-0.4, -0.2) is 84.5 Å². The Morgan fingerprint density at radius 3 is 2.51 bits per heavy atom. The van der Waals surface area contributed by atoms with Crippen molar-refractivity contribution in [3.63, 3.8) is 0 Å². The van der Waals surface area contributed by atoms with Crippen LogP contribution in [0.4, 0.5) is 0 Å². The maximum absolute atomic E-state index is 14.2. The summed E-state index contributed by atoms with van der Waals surface area (Å²) in [5.74, 6) is -0.0606. The van der Waals surface area contributed by atoms with Gasteiger partial charge in [-0.3, -0.25) is 9.36 Å². The molecule has 49 heavy (non-hydrogen) atoms. The number of H-pyrrole nitrogens is 1. The molecule has 1 fully saturated rings. The summed E-state index contributed by atoms with van der Waals surface area (Å²) in [4.78, 5) is 31.9. The maximum Gasteiger partial charge on any atom is 0.326 e. The van der Waals surface area contributed by atoms with Crippen molar-refractivity contribution in [3.05, 3.63) is 106 Å². The molecular weight excluding hydrogens is 622 g/mol. The van der Waals surface area contributed by atoms with Crippen LogP contribution in [0.2, 0.25) is 0 Å². The molecule has 0 unspecified atom stereocenters. The van der Waals surface area contributed by atoms with E-state index < -0.39 is 6.29 Å². The summed E-state index contributed by atoms with van der Waals surface area (Å²) in [6.07, 6.45) is 4.23. The maximum atomic E-state index is 14.2. The number of benzene rings is 3. The molecule has 3 heterocycles. The van der Waals surface area contributed by atoms with Crippen molar-refractivity contribution >= 4 is 16.9 Å². The van der Waals surface area contributed by atoms with Gasteiger partial charge in [0.2, 0.25) is 6.29 Å². The molecule has 3 atom stereocenters. The van der Waals surface area contributed by atoms with Gasteiger partial charge >= 0.3 is 5.69 Å². The number of rotatable bonds is 13. The molecule has 1 aliphatic carbocycles. The number of para-hydroxylation sites is 2. The number of nitrogens with zero attached hydrogens (tertiary/aromatic N) is 2. The predicted octanol–water partition coefficient (Wildman–Crippen LogP) is 5.16. The minimum Gasteiger partial charge on any atom is -0.459 e. The minimum absolute atomic E-state index is 0.00448. The summed E-state index contributed by atoms with van der Waals surface area (Å²) in [7, 11) is 0. The number of aromatic amines is 1. The summed E-state index contributed by atoms with van der Waals surface area (Å²) in [5.41, 5.74) is 7.86. The van der Waals surface area contributed by atoms with Crippen molar-refractivity contribution in [1.29, 1.82) is 0 Å². The Morgan fingerprint density at radius 2 is 1.69 bits per heavy atom. The van der Waals surface area contributed by atoms with Crippen LogP contribution in [0.3, 0.4) is 0 Å². The Kier molecular flexibility index (Phi) is 10.3. The number of likely N-dealkylation sites (tertiary alicyclic amines) is 1. The molecule has 1 aromatic heterocycles. The quantitative estimate of drug-likeness (QED) is 0.167. The lowest BCUT2D eigenvalue weighted by Crippen LogP contribution is -2.44. The van der Waals surface area contributed by atoms with Crippen LogP contribution in [0.15, 0.2) is 83.4 Å². The fourth-order valence-electron chi connectivity index (χ4n) is 7.81.